The van der Waals surface area contributed by atoms with Gasteiger partial charge in [0.05, 0.1) is 12.7 Å². The molecule has 2 atom stereocenters. The minimum atomic E-state index is 0.488. The van der Waals surface area contributed by atoms with Gasteiger partial charge < -0.3 is 4.74 Å². The van der Waals surface area contributed by atoms with Crippen LogP contribution in [0.25, 0.3) is 0 Å². The molecule has 11 heavy (non-hydrogen) atoms. The lowest BCUT2D eigenvalue weighted by molar-refractivity contribution is 0.00308. The van der Waals surface area contributed by atoms with E-state index in [0.29, 0.717) is 12.0 Å². The molecule has 0 aliphatic heterocycles. The quantitative estimate of drug-likeness (QED) is 0.601. The van der Waals surface area contributed by atoms with Crippen LogP contribution in [0.2, 0.25) is 0 Å². The van der Waals surface area contributed by atoms with Crippen molar-refractivity contribution >= 4 is 11.6 Å². The second-order valence-corrected chi connectivity index (χ2v) is 3.74. The van der Waals surface area contributed by atoms with Gasteiger partial charge in [0.25, 0.3) is 0 Å². The summed E-state index contributed by atoms with van der Waals surface area (Å²) in [6, 6.07) is 0. The van der Waals surface area contributed by atoms with Gasteiger partial charge in [0.1, 0.15) is 0 Å². The first-order valence-electron chi connectivity index (χ1n) is 4.52. The first-order chi connectivity index (χ1) is 5.34. The molecular weight excluding hydrogens is 160 g/mol. The number of hydrogen-bond donors (Lipinski definition) is 0. The standard InChI is InChI=1S/C9H17ClO/c1-8-4-2-3-5-9(8)11-7-6-10/h8-9H,2-7H2,1H3/t8-,9+/m0/s1. The Morgan fingerprint density at radius 3 is 2.73 bits per heavy atom. The van der Waals surface area contributed by atoms with E-state index in [1.54, 1.807) is 0 Å². The molecule has 1 nitrogen and oxygen atoms in total. The first kappa shape index (κ1) is 9.34. The summed E-state index contributed by atoms with van der Waals surface area (Å²) < 4.78 is 5.61. The molecule has 0 saturated heterocycles. The number of rotatable bonds is 3. The molecule has 1 aliphatic carbocycles. The van der Waals surface area contributed by atoms with E-state index in [-0.39, 0.29) is 0 Å². The summed E-state index contributed by atoms with van der Waals surface area (Å²) in [4.78, 5) is 0. The van der Waals surface area contributed by atoms with Crippen molar-refractivity contribution in [2.24, 2.45) is 5.92 Å². The van der Waals surface area contributed by atoms with Gasteiger partial charge in [-0.25, -0.2) is 0 Å². The third-order valence-electron chi connectivity index (χ3n) is 2.44. The Balaban J connectivity index is 2.18. The van der Waals surface area contributed by atoms with Gasteiger partial charge in [-0.1, -0.05) is 19.8 Å². The molecule has 0 amide bonds. The van der Waals surface area contributed by atoms with Gasteiger partial charge in [0, 0.05) is 5.88 Å². The highest BCUT2D eigenvalue weighted by molar-refractivity contribution is 6.17. The fraction of sp³-hybridized carbons (Fsp3) is 1.00. The van der Waals surface area contributed by atoms with Crippen molar-refractivity contribution < 1.29 is 4.74 Å². The van der Waals surface area contributed by atoms with Gasteiger partial charge in [-0.3, -0.25) is 0 Å². The van der Waals surface area contributed by atoms with E-state index in [2.05, 4.69) is 6.92 Å². The zero-order valence-corrected chi connectivity index (χ0v) is 7.94. The van der Waals surface area contributed by atoms with Crippen LogP contribution in [0, 0.1) is 5.92 Å². The summed E-state index contributed by atoms with van der Waals surface area (Å²) in [6.07, 6.45) is 5.76. The molecule has 1 fully saturated rings. The molecule has 2 heteroatoms. The van der Waals surface area contributed by atoms with Crippen LogP contribution >= 0.6 is 11.6 Å². The molecule has 1 aliphatic rings. The highest BCUT2D eigenvalue weighted by Crippen LogP contribution is 2.25. The van der Waals surface area contributed by atoms with Crippen molar-refractivity contribution in [3.8, 4) is 0 Å². The van der Waals surface area contributed by atoms with Crippen LogP contribution in [0.5, 0.6) is 0 Å². The van der Waals surface area contributed by atoms with Crippen LogP contribution in [0.1, 0.15) is 32.6 Å². The number of halogens is 1. The van der Waals surface area contributed by atoms with Crippen molar-refractivity contribution in [1.29, 1.82) is 0 Å². The third-order valence-corrected chi connectivity index (χ3v) is 2.60. The van der Waals surface area contributed by atoms with Crippen LogP contribution < -0.4 is 0 Å². The maximum atomic E-state index is 5.61. The minimum absolute atomic E-state index is 0.488. The fourth-order valence-electron chi connectivity index (χ4n) is 1.73. The van der Waals surface area contributed by atoms with Crippen molar-refractivity contribution in [3.05, 3.63) is 0 Å². The van der Waals surface area contributed by atoms with Crippen LogP contribution in [0.15, 0.2) is 0 Å². The van der Waals surface area contributed by atoms with Crippen molar-refractivity contribution in [3.63, 3.8) is 0 Å². The predicted molar refractivity (Wildman–Crippen MR) is 48.1 cm³/mol. The molecule has 0 aromatic heterocycles. The molecule has 0 radical (unpaired) electrons. The molecule has 0 aromatic rings. The lowest BCUT2D eigenvalue weighted by Crippen LogP contribution is -2.26. The molecule has 1 rings (SSSR count). The molecular formula is C9H17ClO. The van der Waals surface area contributed by atoms with Gasteiger partial charge in [-0.2, -0.15) is 0 Å². The summed E-state index contributed by atoms with van der Waals surface area (Å²) in [7, 11) is 0. The average molecular weight is 177 g/mol. The Morgan fingerprint density at radius 1 is 1.36 bits per heavy atom. The average Bonchev–Trinajstić information content (AvgIpc) is 2.03. The molecule has 1 saturated carbocycles. The topological polar surface area (TPSA) is 9.23 Å². The highest BCUT2D eigenvalue weighted by Gasteiger charge is 2.21. The van der Waals surface area contributed by atoms with Crippen LogP contribution in [0.3, 0.4) is 0 Å². The Morgan fingerprint density at radius 2 is 2.09 bits per heavy atom. The van der Waals surface area contributed by atoms with Crippen LogP contribution in [-0.4, -0.2) is 18.6 Å². The molecule has 0 bridgehead atoms. The maximum Gasteiger partial charge on any atom is 0.0605 e. The van der Waals surface area contributed by atoms with Gasteiger partial charge in [0.15, 0.2) is 0 Å². The molecule has 0 unspecified atom stereocenters. The zero-order valence-electron chi connectivity index (χ0n) is 7.18. The van der Waals surface area contributed by atoms with Crippen LogP contribution in [0.4, 0.5) is 0 Å². The molecule has 0 heterocycles. The van der Waals surface area contributed by atoms with E-state index in [9.17, 15) is 0 Å². The lowest BCUT2D eigenvalue weighted by Gasteiger charge is -2.28. The normalized spacial score (nSPS) is 32.2. The molecule has 0 N–H and O–H groups in total. The van der Waals surface area contributed by atoms with Crippen LogP contribution in [-0.2, 0) is 4.74 Å². The molecule has 66 valence electrons. The van der Waals surface area contributed by atoms with Crippen molar-refractivity contribution in [1.82, 2.24) is 0 Å². The Hall–Kier alpha value is 0.250. The predicted octanol–water partition coefficient (Wildman–Crippen LogP) is 2.82. The second kappa shape index (κ2) is 5.00. The summed E-state index contributed by atoms with van der Waals surface area (Å²) in [5.41, 5.74) is 0. The number of alkyl halides is 1. The molecule has 0 aromatic carbocycles. The summed E-state index contributed by atoms with van der Waals surface area (Å²) >= 11 is 5.54. The fourth-order valence-corrected chi connectivity index (χ4v) is 1.81. The maximum absolute atomic E-state index is 5.61. The van der Waals surface area contributed by atoms with Gasteiger partial charge in [-0.05, 0) is 18.8 Å². The highest BCUT2D eigenvalue weighted by atomic mass is 35.5. The smallest absolute Gasteiger partial charge is 0.0605 e. The van der Waals surface area contributed by atoms with E-state index in [0.717, 1.165) is 12.5 Å². The van der Waals surface area contributed by atoms with Gasteiger partial charge in [0.2, 0.25) is 0 Å². The Kier molecular flexibility index (Phi) is 4.24. The lowest BCUT2D eigenvalue weighted by atomic mass is 9.88. The summed E-state index contributed by atoms with van der Waals surface area (Å²) in [5, 5.41) is 0. The second-order valence-electron chi connectivity index (χ2n) is 3.36. The SMILES string of the molecule is C[C@H]1CCCC[C@H]1OCCCl. The zero-order chi connectivity index (χ0) is 8.10. The number of ether oxygens (including phenoxy) is 1. The Labute approximate surface area is 74.1 Å². The van der Waals surface area contributed by atoms with E-state index in [1.165, 1.54) is 25.7 Å². The Bertz CT molecular complexity index is 106. The van der Waals surface area contributed by atoms with E-state index < -0.39 is 0 Å². The minimum Gasteiger partial charge on any atom is -0.377 e. The molecule has 0 spiro atoms. The summed E-state index contributed by atoms with van der Waals surface area (Å²) in [6.45, 7) is 2.99. The van der Waals surface area contributed by atoms with E-state index in [4.69, 9.17) is 16.3 Å². The van der Waals surface area contributed by atoms with E-state index in [1.807, 2.05) is 0 Å². The van der Waals surface area contributed by atoms with Crippen molar-refractivity contribution in [2.75, 3.05) is 12.5 Å². The third kappa shape index (κ3) is 3.00. The van der Waals surface area contributed by atoms with Gasteiger partial charge in [-0.15, -0.1) is 11.6 Å². The monoisotopic (exact) mass is 176 g/mol. The van der Waals surface area contributed by atoms with E-state index >= 15 is 0 Å². The van der Waals surface area contributed by atoms with Crippen molar-refractivity contribution in [2.45, 2.75) is 38.7 Å². The summed E-state index contributed by atoms with van der Waals surface area (Å²) in [5.74, 6) is 1.37. The largest absolute Gasteiger partial charge is 0.377 e. The first-order valence-corrected chi connectivity index (χ1v) is 5.05. The number of hydrogen-bond acceptors (Lipinski definition) is 1. The van der Waals surface area contributed by atoms with Gasteiger partial charge >= 0.3 is 0 Å².